The molecule has 0 spiro atoms. The van der Waals surface area contributed by atoms with Crippen LogP contribution in [-0.4, -0.2) is 75.1 Å². The van der Waals surface area contributed by atoms with Crippen molar-refractivity contribution < 1.29 is 24.2 Å². The van der Waals surface area contributed by atoms with Gasteiger partial charge in [-0.05, 0) is 42.0 Å². The van der Waals surface area contributed by atoms with Gasteiger partial charge in [-0.25, -0.2) is 9.59 Å². The number of amides is 3. The van der Waals surface area contributed by atoms with E-state index in [0.717, 1.165) is 5.69 Å². The molecule has 2 atom stereocenters. The van der Waals surface area contributed by atoms with E-state index in [-0.39, 0.29) is 19.1 Å². The zero-order valence-electron chi connectivity index (χ0n) is 22.3. The number of carbonyl (C=O) groups is 3. The van der Waals surface area contributed by atoms with Crippen LogP contribution in [0.15, 0.2) is 66.9 Å². The fourth-order valence-corrected chi connectivity index (χ4v) is 5.90. The Morgan fingerprint density at radius 3 is 2.51 bits per heavy atom. The summed E-state index contributed by atoms with van der Waals surface area (Å²) in [4.78, 5) is 45.6. The first kappa shape index (κ1) is 30.5. The molecule has 0 aliphatic carbocycles. The van der Waals surface area contributed by atoms with E-state index in [1.807, 2.05) is 18.2 Å². The van der Waals surface area contributed by atoms with E-state index in [1.165, 1.54) is 16.7 Å². The molecule has 2 aromatic carbocycles. The molecule has 41 heavy (non-hydrogen) atoms. The molecule has 1 aliphatic heterocycles. The van der Waals surface area contributed by atoms with Crippen molar-refractivity contribution in [2.45, 2.75) is 31.5 Å². The third-order valence-electron chi connectivity index (χ3n) is 6.61. The summed E-state index contributed by atoms with van der Waals surface area (Å²) in [6.45, 7) is 0.618. The van der Waals surface area contributed by atoms with Crippen molar-refractivity contribution in [1.29, 1.82) is 0 Å². The van der Waals surface area contributed by atoms with E-state index in [0.29, 0.717) is 51.5 Å². The fraction of sp³-hybridized carbons (Fsp3) is 0.310. The van der Waals surface area contributed by atoms with Crippen molar-refractivity contribution in [3.05, 3.63) is 93.7 Å². The number of carboxylic acid groups (broad SMARTS) is 1. The number of halogens is 2. The number of hydrogen-bond donors (Lipinski definition) is 2. The highest BCUT2D eigenvalue weighted by molar-refractivity contribution is 7.99. The number of likely N-dealkylation sites (N-methyl/N-ethyl adjacent to an activating group) is 1. The molecular formula is C29H30Cl2N4O5S. The van der Waals surface area contributed by atoms with Crippen molar-refractivity contribution in [2.24, 2.45) is 0 Å². The second kappa shape index (κ2) is 14.4. The molecule has 0 radical (unpaired) electrons. The largest absolute Gasteiger partial charge is 0.489 e. The Bertz CT molecular complexity index is 1340. The van der Waals surface area contributed by atoms with Crippen LogP contribution in [0.1, 0.15) is 16.8 Å². The maximum atomic E-state index is 13.1. The number of rotatable bonds is 11. The van der Waals surface area contributed by atoms with Crippen LogP contribution in [0.3, 0.4) is 0 Å². The molecule has 0 saturated carbocycles. The average Bonchev–Trinajstić information content (AvgIpc) is 3.46. The van der Waals surface area contributed by atoms with Crippen molar-refractivity contribution in [3.8, 4) is 5.75 Å². The highest BCUT2D eigenvalue weighted by atomic mass is 35.5. The molecule has 2 N–H and O–H groups in total. The number of aliphatic carboxylic acids is 1. The summed E-state index contributed by atoms with van der Waals surface area (Å²) in [5.74, 6) is -0.360. The van der Waals surface area contributed by atoms with Gasteiger partial charge in [-0.3, -0.25) is 9.78 Å². The number of aromatic nitrogens is 1. The third-order valence-corrected chi connectivity index (χ3v) is 8.33. The van der Waals surface area contributed by atoms with Crippen molar-refractivity contribution in [3.63, 3.8) is 0 Å². The number of nitrogens with zero attached hydrogens (tertiary/aromatic N) is 3. The number of nitrogens with one attached hydrogen (secondary N) is 1. The van der Waals surface area contributed by atoms with E-state index in [4.69, 9.17) is 27.9 Å². The van der Waals surface area contributed by atoms with Gasteiger partial charge in [0.1, 0.15) is 24.4 Å². The second-order valence-electron chi connectivity index (χ2n) is 9.50. The number of ether oxygens (including phenoxy) is 1. The van der Waals surface area contributed by atoms with Gasteiger partial charge < -0.3 is 25.0 Å². The molecular weight excluding hydrogens is 587 g/mol. The summed E-state index contributed by atoms with van der Waals surface area (Å²) in [5, 5.41) is 13.5. The van der Waals surface area contributed by atoms with E-state index in [9.17, 15) is 19.5 Å². The number of pyridine rings is 1. The highest BCUT2D eigenvalue weighted by Crippen LogP contribution is 2.26. The quantitative estimate of drug-likeness (QED) is 0.320. The number of benzene rings is 2. The normalized spacial score (nSPS) is 15.3. The van der Waals surface area contributed by atoms with E-state index in [1.54, 1.807) is 60.6 Å². The van der Waals surface area contributed by atoms with E-state index in [2.05, 4.69) is 10.3 Å². The summed E-state index contributed by atoms with van der Waals surface area (Å²) in [6.07, 6.45) is 2.35. The SMILES string of the molecule is CN(CCc1ccccn1)C(=O)N1CSC[C@@H]1C(=O)N[C@@H](Cc1ccc(OCc2c(Cl)cccc2Cl)cc1)C(=O)O. The monoisotopic (exact) mass is 616 g/mol. The molecule has 2 heterocycles. The lowest BCUT2D eigenvalue weighted by atomic mass is 10.1. The van der Waals surface area contributed by atoms with Crippen LogP contribution in [0.25, 0.3) is 0 Å². The van der Waals surface area contributed by atoms with Crippen LogP contribution < -0.4 is 10.1 Å². The third kappa shape index (κ3) is 8.28. The molecule has 3 aromatic rings. The van der Waals surface area contributed by atoms with Gasteiger partial charge in [-0.1, -0.05) is 47.5 Å². The number of hydrogen-bond acceptors (Lipinski definition) is 6. The predicted molar refractivity (Wildman–Crippen MR) is 159 cm³/mol. The van der Waals surface area contributed by atoms with Crippen LogP contribution in [-0.2, 0) is 29.0 Å². The summed E-state index contributed by atoms with van der Waals surface area (Å²) in [5.41, 5.74) is 2.24. The molecule has 0 unspecified atom stereocenters. The molecule has 4 rings (SSSR count). The summed E-state index contributed by atoms with van der Waals surface area (Å²) < 4.78 is 5.79. The minimum atomic E-state index is -1.17. The predicted octanol–water partition coefficient (Wildman–Crippen LogP) is 4.75. The van der Waals surface area contributed by atoms with Crippen molar-refractivity contribution in [2.75, 3.05) is 25.2 Å². The van der Waals surface area contributed by atoms with E-state index < -0.39 is 24.0 Å². The highest BCUT2D eigenvalue weighted by Gasteiger charge is 2.37. The maximum absolute atomic E-state index is 13.1. The minimum absolute atomic E-state index is 0.0650. The van der Waals surface area contributed by atoms with Crippen LogP contribution in [0, 0.1) is 0 Å². The Balaban J connectivity index is 1.32. The lowest BCUT2D eigenvalue weighted by Gasteiger charge is -2.29. The average molecular weight is 618 g/mol. The van der Waals surface area contributed by atoms with Gasteiger partial charge in [0.05, 0.1) is 5.88 Å². The van der Waals surface area contributed by atoms with Gasteiger partial charge in [0.2, 0.25) is 5.91 Å². The Morgan fingerprint density at radius 1 is 1.12 bits per heavy atom. The molecule has 12 heteroatoms. The van der Waals surface area contributed by atoms with Gasteiger partial charge in [-0.2, -0.15) is 0 Å². The first-order valence-electron chi connectivity index (χ1n) is 12.9. The molecule has 0 bridgehead atoms. The maximum Gasteiger partial charge on any atom is 0.326 e. The van der Waals surface area contributed by atoms with Crippen LogP contribution in [0.2, 0.25) is 10.0 Å². The molecule has 3 amide bonds. The summed E-state index contributed by atoms with van der Waals surface area (Å²) in [7, 11) is 1.68. The second-order valence-corrected chi connectivity index (χ2v) is 11.3. The number of urea groups is 1. The zero-order chi connectivity index (χ0) is 29.4. The van der Waals surface area contributed by atoms with E-state index >= 15 is 0 Å². The molecule has 1 aliphatic rings. The number of carbonyl (C=O) groups excluding carboxylic acids is 2. The van der Waals surface area contributed by atoms with Gasteiger partial charge >= 0.3 is 12.0 Å². The van der Waals surface area contributed by atoms with Crippen molar-refractivity contribution in [1.82, 2.24) is 20.1 Å². The first-order valence-corrected chi connectivity index (χ1v) is 14.8. The van der Waals surface area contributed by atoms with Crippen LogP contribution >= 0.6 is 35.0 Å². The van der Waals surface area contributed by atoms with Crippen molar-refractivity contribution >= 4 is 52.9 Å². The summed E-state index contributed by atoms with van der Waals surface area (Å²) in [6, 6.07) is 15.5. The fourth-order valence-electron chi connectivity index (χ4n) is 4.24. The lowest BCUT2D eigenvalue weighted by molar-refractivity contribution is -0.142. The Hall–Kier alpha value is -3.47. The molecule has 1 aromatic heterocycles. The topological polar surface area (TPSA) is 112 Å². The van der Waals surface area contributed by atoms with Gasteiger partial charge in [0.25, 0.3) is 0 Å². The molecule has 1 fully saturated rings. The van der Waals surface area contributed by atoms with Crippen LogP contribution in [0.4, 0.5) is 4.79 Å². The molecule has 216 valence electrons. The number of carboxylic acids is 1. The standard InChI is InChI=1S/C29H30Cl2N4O5S/c1-34(14-12-20-5-2-3-13-32-20)29(39)35-18-41-17-26(35)27(36)33-25(28(37)38)15-19-8-10-21(11-9-19)40-16-22-23(30)6-4-7-24(22)31/h2-11,13,25-26H,12,14-18H2,1H3,(H,33,36)(H,37,38)/t25-,26+/m0/s1. The van der Waals surface area contributed by atoms with Gasteiger partial charge in [0, 0.05) is 59.7 Å². The summed E-state index contributed by atoms with van der Waals surface area (Å²) >= 11 is 13.8. The Morgan fingerprint density at radius 2 is 1.85 bits per heavy atom. The first-order chi connectivity index (χ1) is 19.7. The molecule has 9 nitrogen and oxygen atoms in total. The Kier molecular flexibility index (Phi) is 10.7. The Labute approximate surface area is 252 Å². The zero-order valence-corrected chi connectivity index (χ0v) is 24.7. The lowest BCUT2D eigenvalue weighted by Crippen LogP contribution is -2.54. The van der Waals surface area contributed by atoms with Gasteiger partial charge in [0.15, 0.2) is 0 Å². The smallest absolute Gasteiger partial charge is 0.326 e. The minimum Gasteiger partial charge on any atom is -0.489 e. The molecule has 1 saturated heterocycles. The van der Waals surface area contributed by atoms with Gasteiger partial charge in [-0.15, -0.1) is 11.8 Å². The number of thioether (sulfide) groups is 1. The van der Waals surface area contributed by atoms with Crippen LogP contribution in [0.5, 0.6) is 5.75 Å².